The second kappa shape index (κ2) is 6.50. The summed E-state index contributed by atoms with van der Waals surface area (Å²) >= 11 is 5.05. The van der Waals surface area contributed by atoms with E-state index < -0.39 is 0 Å². The summed E-state index contributed by atoms with van der Waals surface area (Å²) in [5, 5.41) is 8.47. The van der Waals surface area contributed by atoms with Gasteiger partial charge in [0.05, 0.1) is 16.4 Å². The van der Waals surface area contributed by atoms with E-state index >= 15 is 0 Å². The summed E-state index contributed by atoms with van der Waals surface area (Å²) in [4.78, 5) is 8.90. The van der Waals surface area contributed by atoms with Crippen LogP contribution in [0.2, 0.25) is 0 Å². The minimum absolute atomic E-state index is 0.764. The molecule has 0 aliphatic carbocycles. The third kappa shape index (κ3) is 2.86. The monoisotopic (exact) mass is 375 g/mol. The van der Waals surface area contributed by atoms with E-state index in [2.05, 4.69) is 31.3 Å². The molecule has 0 radical (unpaired) electrons. The number of anilines is 1. The molecule has 0 spiro atoms. The molecule has 0 saturated heterocycles. The fraction of sp³-hybridized carbons (Fsp3) is 0.133. The molecule has 0 amide bonds. The van der Waals surface area contributed by atoms with Crippen molar-refractivity contribution in [3.05, 3.63) is 47.1 Å². The number of nitrogens with zero attached hydrogens (tertiary/aromatic N) is 4. The van der Waals surface area contributed by atoms with Gasteiger partial charge in [-0.3, -0.25) is 4.99 Å². The van der Waals surface area contributed by atoms with Crippen LogP contribution in [0.3, 0.4) is 0 Å². The zero-order valence-corrected chi connectivity index (χ0v) is 14.5. The number of fused-ring (bicyclic) bond motifs is 1. The number of thioether (sulfide) groups is 1. The summed E-state index contributed by atoms with van der Waals surface area (Å²) in [7, 11) is 1.76. The van der Waals surface area contributed by atoms with E-state index in [0.717, 1.165) is 32.4 Å². The van der Waals surface area contributed by atoms with Crippen molar-refractivity contribution in [2.75, 3.05) is 18.6 Å². The van der Waals surface area contributed by atoms with Gasteiger partial charge in [0.2, 0.25) is 0 Å². The summed E-state index contributed by atoms with van der Waals surface area (Å²) < 4.78 is 2.62. The van der Waals surface area contributed by atoms with Gasteiger partial charge < -0.3 is 5.32 Å². The van der Waals surface area contributed by atoms with Gasteiger partial charge in [-0.1, -0.05) is 42.1 Å². The first-order chi connectivity index (χ1) is 10.7. The van der Waals surface area contributed by atoms with Crippen molar-refractivity contribution in [3.63, 3.8) is 0 Å². The molecule has 7 heteroatoms. The third-order valence-corrected chi connectivity index (χ3v) is 4.36. The minimum atomic E-state index is 0.764. The number of aliphatic imine (C=N–C) groups is 1. The molecule has 2 aromatic heterocycles. The van der Waals surface area contributed by atoms with Crippen LogP contribution in [0.15, 0.2) is 52.1 Å². The van der Waals surface area contributed by atoms with Gasteiger partial charge >= 0.3 is 0 Å². The largest absolute Gasteiger partial charge is 0.320 e. The summed E-state index contributed by atoms with van der Waals surface area (Å²) in [6, 6.07) is 12.0. The molecule has 2 heterocycles. The lowest BCUT2D eigenvalue weighted by atomic mass is 10.1. The fourth-order valence-electron chi connectivity index (χ4n) is 2.09. The van der Waals surface area contributed by atoms with Crippen molar-refractivity contribution in [1.82, 2.24) is 14.6 Å². The van der Waals surface area contributed by atoms with Crippen LogP contribution < -0.4 is 5.32 Å². The summed E-state index contributed by atoms with van der Waals surface area (Å²) in [5.41, 5.74) is 2.70. The van der Waals surface area contributed by atoms with Crippen molar-refractivity contribution in [3.8, 4) is 11.3 Å². The number of hydrogen-bond acceptors (Lipinski definition) is 4. The number of amidine groups is 1. The van der Waals surface area contributed by atoms with Gasteiger partial charge in [0.25, 0.3) is 0 Å². The van der Waals surface area contributed by atoms with Gasteiger partial charge in [-0.25, -0.2) is 4.98 Å². The highest BCUT2D eigenvalue weighted by Crippen LogP contribution is 2.26. The Labute approximate surface area is 141 Å². The first kappa shape index (κ1) is 15.1. The molecular weight excluding hydrogens is 362 g/mol. The number of halogens is 1. The first-order valence-electron chi connectivity index (χ1n) is 6.60. The molecule has 3 aromatic rings. The van der Waals surface area contributed by atoms with Gasteiger partial charge in [0.1, 0.15) is 5.82 Å². The van der Waals surface area contributed by atoms with Gasteiger partial charge in [-0.05, 0) is 22.2 Å². The molecule has 0 fully saturated rings. The lowest BCUT2D eigenvalue weighted by molar-refractivity contribution is 0.951. The molecule has 3 rings (SSSR count). The highest BCUT2D eigenvalue weighted by Gasteiger charge is 2.12. The average molecular weight is 376 g/mol. The van der Waals surface area contributed by atoms with E-state index in [0.29, 0.717) is 0 Å². The number of benzene rings is 1. The van der Waals surface area contributed by atoms with E-state index in [-0.39, 0.29) is 0 Å². The molecule has 0 aliphatic rings. The fourth-order valence-corrected chi connectivity index (χ4v) is 2.83. The van der Waals surface area contributed by atoms with Crippen LogP contribution in [0.25, 0.3) is 16.9 Å². The predicted octanol–water partition coefficient (Wildman–Crippen LogP) is 3.92. The molecule has 22 heavy (non-hydrogen) atoms. The van der Waals surface area contributed by atoms with Crippen LogP contribution in [-0.2, 0) is 0 Å². The number of hydrogen-bond donors (Lipinski definition) is 1. The molecule has 0 unspecified atom stereocenters. The first-order valence-corrected chi connectivity index (χ1v) is 8.62. The summed E-state index contributed by atoms with van der Waals surface area (Å²) in [5.74, 6) is 0.824. The van der Waals surface area contributed by atoms with Crippen LogP contribution in [0.4, 0.5) is 5.82 Å². The Morgan fingerprint density at radius 3 is 2.77 bits per heavy atom. The standard InChI is InChI=1S/C15H14BrN5S/c1-17-15(22-2)20-13-8-12(10-6-4-3-5-7-10)19-14-11(16)9-18-21(13)14/h3-9H,1-2H3,(H,17,20). The molecule has 112 valence electrons. The van der Waals surface area contributed by atoms with E-state index in [1.807, 2.05) is 42.7 Å². The number of rotatable bonds is 2. The molecule has 0 atom stereocenters. The quantitative estimate of drug-likeness (QED) is 0.544. The molecule has 0 aliphatic heterocycles. The second-order valence-corrected chi connectivity index (χ2v) is 6.13. The van der Waals surface area contributed by atoms with Gasteiger partial charge in [0, 0.05) is 18.7 Å². The Hall–Kier alpha value is -1.86. The highest BCUT2D eigenvalue weighted by atomic mass is 79.9. The van der Waals surface area contributed by atoms with Crippen molar-refractivity contribution < 1.29 is 0 Å². The minimum Gasteiger partial charge on any atom is -0.320 e. The molecule has 0 bridgehead atoms. The van der Waals surface area contributed by atoms with Gasteiger partial charge in [-0.15, -0.1) is 0 Å². The van der Waals surface area contributed by atoms with E-state index in [1.54, 1.807) is 29.5 Å². The van der Waals surface area contributed by atoms with Crippen LogP contribution >= 0.6 is 27.7 Å². The Morgan fingerprint density at radius 1 is 1.32 bits per heavy atom. The molecule has 1 aromatic carbocycles. The van der Waals surface area contributed by atoms with Crippen molar-refractivity contribution in [1.29, 1.82) is 0 Å². The van der Waals surface area contributed by atoms with E-state index in [9.17, 15) is 0 Å². The summed E-state index contributed by atoms with van der Waals surface area (Å²) in [6.45, 7) is 0. The van der Waals surface area contributed by atoms with E-state index in [1.165, 1.54) is 0 Å². The molecule has 1 N–H and O–H groups in total. The van der Waals surface area contributed by atoms with Crippen molar-refractivity contribution in [2.45, 2.75) is 0 Å². The summed E-state index contributed by atoms with van der Waals surface area (Å²) in [6.07, 6.45) is 3.72. The molecule has 0 saturated carbocycles. The maximum absolute atomic E-state index is 4.69. The SMILES string of the molecule is CN=C(Nc1cc(-c2ccccc2)nc2c(Br)cnn12)SC. The Morgan fingerprint density at radius 2 is 2.09 bits per heavy atom. The zero-order chi connectivity index (χ0) is 15.5. The molecular formula is C15H14BrN5S. The Balaban J connectivity index is 2.17. The number of nitrogens with one attached hydrogen (secondary N) is 1. The van der Waals surface area contributed by atoms with Crippen LogP contribution in [0, 0.1) is 0 Å². The van der Waals surface area contributed by atoms with Crippen LogP contribution in [0.1, 0.15) is 0 Å². The number of aromatic nitrogens is 3. The van der Waals surface area contributed by atoms with Crippen molar-refractivity contribution in [2.24, 2.45) is 4.99 Å². The normalized spacial score (nSPS) is 11.9. The molecule has 5 nitrogen and oxygen atoms in total. The van der Waals surface area contributed by atoms with Gasteiger partial charge in [-0.2, -0.15) is 9.61 Å². The van der Waals surface area contributed by atoms with Crippen LogP contribution in [-0.4, -0.2) is 33.1 Å². The Kier molecular flexibility index (Phi) is 4.44. The zero-order valence-electron chi connectivity index (χ0n) is 12.1. The highest BCUT2D eigenvalue weighted by molar-refractivity contribution is 9.10. The third-order valence-electron chi connectivity index (χ3n) is 3.13. The lowest BCUT2D eigenvalue weighted by Crippen LogP contribution is -2.12. The van der Waals surface area contributed by atoms with Gasteiger partial charge in [0.15, 0.2) is 10.8 Å². The smallest absolute Gasteiger partial charge is 0.172 e. The van der Waals surface area contributed by atoms with E-state index in [4.69, 9.17) is 4.98 Å². The second-order valence-electron chi connectivity index (χ2n) is 4.48. The maximum atomic E-state index is 4.69. The Bertz CT molecular complexity index is 829. The lowest BCUT2D eigenvalue weighted by Gasteiger charge is -2.11. The average Bonchev–Trinajstić information content (AvgIpc) is 2.94. The topological polar surface area (TPSA) is 54.6 Å². The van der Waals surface area contributed by atoms with Crippen molar-refractivity contribution >= 4 is 44.3 Å². The maximum Gasteiger partial charge on any atom is 0.172 e. The predicted molar refractivity (Wildman–Crippen MR) is 96.6 cm³/mol. The van der Waals surface area contributed by atoms with Crippen LogP contribution in [0.5, 0.6) is 0 Å².